The summed E-state index contributed by atoms with van der Waals surface area (Å²) in [7, 11) is 1.60. The van der Waals surface area contributed by atoms with Crippen LogP contribution in [0.4, 0.5) is 5.69 Å². The molecule has 152 valence electrons. The van der Waals surface area contributed by atoms with Crippen LogP contribution < -0.4 is 15.4 Å². The molecular weight excluding hydrogens is 354 g/mol. The van der Waals surface area contributed by atoms with Gasteiger partial charge >= 0.3 is 0 Å². The third-order valence-electron chi connectivity index (χ3n) is 6.62. The predicted octanol–water partition coefficient (Wildman–Crippen LogP) is 2.79. The summed E-state index contributed by atoms with van der Waals surface area (Å²) in [6.45, 7) is 1.36. The Kier molecular flexibility index (Phi) is 5.85. The molecule has 0 aromatic heterocycles. The number of likely N-dealkylation sites (tertiary alicyclic amines) is 1. The number of rotatable bonds is 5. The zero-order valence-electron chi connectivity index (χ0n) is 16.7. The molecule has 0 saturated carbocycles. The van der Waals surface area contributed by atoms with E-state index in [4.69, 9.17) is 4.74 Å². The van der Waals surface area contributed by atoms with Crippen LogP contribution in [-0.4, -0.2) is 49.0 Å². The first-order valence-electron chi connectivity index (χ1n) is 10.6. The van der Waals surface area contributed by atoms with E-state index in [1.54, 1.807) is 7.11 Å². The predicted molar refractivity (Wildman–Crippen MR) is 108 cm³/mol. The van der Waals surface area contributed by atoms with Gasteiger partial charge in [0, 0.05) is 37.5 Å². The largest absolute Gasteiger partial charge is 0.495 e. The van der Waals surface area contributed by atoms with Crippen molar-refractivity contribution in [1.29, 1.82) is 0 Å². The normalized spacial score (nSPS) is 27.5. The van der Waals surface area contributed by atoms with Crippen molar-refractivity contribution in [2.24, 2.45) is 11.8 Å². The van der Waals surface area contributed by atoms with E-state index in [0.29, 0.717) is 48.9 Å². The summed E-state index contributed by atoms with van der Waals surface area (Å²) in [5.41, 5.74) is 0.703. The van der Waals surface area contributed by atoms with E-state index in [0.717, 1.165) is 25.7 Å². The summed E-state index contributed by atoms with van der Waals surface area (Å²) in [6, 6.07) is 8.70. The van der Waals surface area contributed by atoms with Crippen molar-refractivity contribution in [3.05, 3.63) is 24.3 Å². The molecule has 3 heterocycles. The number of nitrogens with zero attached hydrogens (tertiary/aromatic N) is 1. The van der Waals surface area contributed by atoms with Crippen molar-refractivity contribution in [3.63, 3.8) is 0 Å². The van der Waals surface area contributed by atoms with Crippen LogP contribution in [0.25, 0.3) is 0 Å². The standard InChI is InChI=1S/C22H31N3O3/c1-28-20-5-3-2-4-19(20)24-22(27)16-8-10-25(11-9-16)21(26)14-15-12-17-6-7-18(13-15)23-17/h2-5,15-18,23H,6-14H2,1H3,(H,24,27). The van der Waals surface area contributed by atoms with Crippen molar-refractivity contribution in [3.8, 4) is 5.75 Å². The second-order valence-corrected chi connectivity index (χ2v) is 8.52. The van der Waals surface area contributed by atoms with Gasteiger partial charge in [0.15, 0.2) is 0 Å². The number of anilines is 1. The number of hydrogen-bond acceptors (Lipinski definition) is 4. The van der Waals surface area contributed by atoms with Crippen LogP contribution in [0.1, 0.15) is 44.9 Å². The van der Waals surface area contributed by atoms with E-state index in [-0.39, 0.29) is 17.7 Å². The third kappa shape index (κ3) is 4.32. The average molecular weight is 386 g/mol. The van der Waals surface area contributed by atoms with Gasteiger partial charge in [-0.15, -0.1) is 0 Å². The molecule has 28 heavy (non-hydrogen) atoms. The van der Waals surface area contributed by atoms with E-state index < -0.39 is 0 Å². The zero-order valence-corrected chi connectivity index (χ0v) is 16.7. The minimum Gasteiger partial charge on any atom is -0.495 e. The van der Waals surface area contributed by atoms with Gasteiger partial charge in [-0.3, -0.25) is 9.59 Å². The van der Waals surface area contributed by atoms with E-state index in [1.807, 2.05) is 29.2 Å². The molecule has 6 nitrogen and oxygen atoms in total. The minimum atomic E-state index is -0.0521. The van der Waals surface area contributed by atoms with Gasteiger partial charge in [0.2, 0.25) is 11.8 Å². The number of para-hydroxylation sites is 2. The second-order valence-electron chi connectivity index (χ2n) is 8.52. The number of carbonyl (C=O) groups excluding carboxylic acids is 2. The molecule has 3 aliphatic rings. The number of methoxy groups -OCH3 is 1. The first-order chi connectivity index (χ1) is 13.6. The smallest absolute Gasteiger partial charge is 0.227 e. The second kappa shape index (κ2) is 8.52. The highest BCUT2D eigenvalue weighted by Crippen LogP contribution is 2.33. The van der Waals surface area contributed by atoms with Crippen molar-refractivity contribution in [1.82, 2.24) is 10.2 Å². The van der Waals surface area contributed by atoms with Crippen molar-refractivity contribution >= 4 is 17.5 Å². The molecule has 2 unspecified atom stereocenters. The molecule has 2 bridgehead atoms. The Bertz CT molecular complexity index is 703. The molecule has 2 amide bonds. The van der Waals surface area contributed by atoms with Crippen LogP contribution in [0.5, 0.6) is 5.75 Å². The van der Waals surface area contributed by atoms with Gasteiger partial charge in [0.25, 0.3) is 0 Å². The maximum atomic E-state index is 12.7. The zero-order chi connectivity index (χ0) is 19.5. The number of ether oxygens (including phenoxy) is 1. The molecule has 1 aromatic carbocycles. The molecule has 3 fully saturated rings. The maximum Gasteiger partial charge on any atom is 0.227 e. The highest BCUT2D eigenvalue weighted by Gasteiger charge is 2.35. The van der Waals surface area contributed by atoms with Gasteiger partial charge in [0.1, 0.15) is 5.75 Å². The van der Waals surface area contributed by atoms with Gasteiger partial charge in [-0.1, -0.05) is 12.1 Å². The fraction of sp³-hybridized carbons (Fsp3) is 0.636. The van der Waals surface area contributed by atoms with Crippen molar-refractivity contribution < 1.29 is 14.3 Å². The van der Waals surface area contributed by atoms with Crippen molar-refractivity contribution in [2.75, 3.05) is 25.5 Å². The monoisotopic (exact) mass is 385 g/mol. The summed E-state index contributed by atoms with van der Waals surface area (Å²) < 4.78 is 5.30. The molecule has 3 saturated heterocycles. The topological polar surface area (TPSA) is 70.7 Å². The third-order valence-corrected chi connectivity index (χ3v) is 6.62. The lowest BCUT2D eigenvalue weighted by Gasteiger charge is -2.34. The summed E-state index contributed by atoms with van der Waals surface area (Å²) in [5, 5.41) is 6.62. The molecule has 6 heteroatoms. The molecule has 0 spiro atoms. The van der Waals surface area contributed by atoms with Crippen LogP contribution >= 0.6 is 0 Å². The lowest BCUT2D eigenvalue weighted by Crippen LogP contribution is -2.44. The molecule has 0 radical (unpaired) electrons. The number of fused-ring (bicyclic) bond motifs is 2. The number of hydrogen-bond donors (Lipinski definition) is 2. The molecular formula is C22H31N3O3. The Morgan fingerprint density at radius 3 is 2.46 bits per heavy atom. The van der Waals surface area contributed by atoms with E-state index in [9.17, 15) is 9.59 Å². The quantitative estimate of drug-likeness (QED) is 0.818. The number of benzene rings is 1. The summed E-state index contributed by atoms with van der Waals surface area (Å²) in [5.74, 6) is 1.43. The lowest BCUT2D eigenvalue weighted by molar-refractivity contribution is -0.135. The van der Waals surface area contributed by atoms with Crippen LogP contribution in [0.2, 0.25) is 0 Å². The lowest BCUT2D eigenvalue weighted by atomic mass is 9.88. The molecule has 1 aromatic rings. The van der Waals surface area contributed by atoms with Crippen LogP contribution in [0.15, 0.2) is 24.3 Å². The molecule has 2 atom stereocenters. The van der Waals surface area contributed by atoms with Crippen LogP contribution in [-0.2, 0) is 9.59 Å². The first-order valence-corrected chi connectivity index (χ1v) is 10.6. The van der Waals surface area contributed by atoms with Gasteiger partial charge in [-0.2, -0.15) is 0 Å². The molecule has 2 N–H and O–H groups in total. The fourth-order valence-corrected chi connectivity index (χ4v) is 5.09. The Morgan fingerprint density at radius 2 is 1.79 bits per heavy atom. The van der Waals surface area contributed by atoms with Gasteiger partial charge in [-0.05, 0) is 56.6 Å². The Hall–Kier alpha value is -2.08. The Morgan fingerprint density at radius 1 is 1.11 bits per heavy atom. The Balaban J connectivity index is 1.25. The minimum absolute atomic E-state index is 0.0199. The average Bonchev–Trinajstić information content (AvgIpc) is 3.06. The van der Waals surface area contributed by atoms with Crippen LogP contribution in [0, 0.1) is 11.8 Å². The first kappa shape index (κ1) is 19.2. The number of carbonyl (C=O) groups is 2. The Labute approximate surface area is 167 Å². The van der Waals surface area contributed by atoms with Crippen LogP contribution in [0.3, 0.4) is 0 Å². The highest BCUT2D eigenvalue weighted by molar-refractivity contribution is 5.94. The van der Waals surface area contributed by atoms with Gasteiger partial charge in [0.05, 0.1) is 12.8 Å². The summed E-state index contributed by atoms with van der Waals surface area (Å²) >= 11 is 0. The number of piperidine rings is 2. The summed E-state index contributed by atoms with van der Waals surface area (Å²) in [4.78, 5) is 27.3. The SMILES string of the molecule is COc1ccccc1NC(=O)C1CCN(C(=O)CC2CC3CCC(C2)N3)CC1. The molecule has 4 rings (SSSR count). The van der Waals surface area contributed by atoms with Gasteiger partial charge < -0.3 is 20.3 Å². The van der Waals surface area contributed by atoms with E-state index in [1.165, 1.54) is 12.8 Å². The fourth-order valence-electron chi connectivity index (χ4n) is 5.09. The molecule has 3 aliphatic heterocycles. The van der Waals surface area contributed by atoms with Crippen molar-refractivity contribution in [2.45, 2.75) is 57.0 Å². The molecule has 0 aliphatic carbocycles. The maximum absolute atomic E-state index is 12.7. The van der Waals surface area contributed by atoms with E-state index in [2.05, 4.69) is 10.6 Å². The number of amides is 2. The summed E-state index contributed by atoms with van der Waals surface area (Å²) in [6.07, 6.45) is 6.94. The van der Waals surface area contributed by atoms with E-state index >= 15 is 0 Å². The number of nitrogens with one attached hydrogen (secondary N) is 2. The highest BCUT2D eigenvalue weighted by atomic mass is 16.5. The van der Waals surface area contributed by atoms with Gasteiger partial charge in [-0.25, -0.2) is 0 Å².